The second-order valence-electron chi connectivity index (χ2n) is 8.08. The van der Waals surface area contributed by atoms with E-state index in [0.717, 1.165) is 10.2 Å². The van der Waals surface area contributed by atoms with Crippen molar-refractivity contribution in [3.05, 3.63) is 78.4 Å². The van der Waals surface area contributed by atoms with Gasteiger partial charge in [0.2, 0.25) is 0 Å². The minimum atomic E-state index is -3.78. The number of anilines is 2. The maximum absolute atomic E-state index is 13.4. The molecule has 0 aliphatic heterocycles. The van der Waals surface area contributed by atoms with Gasteiger partial charge in [-0.1, -0.05) is 23.5 Å². The van der Waals surface area contributed by atoms with Crippen molar-refractivity contribution in [1.29, 1.82) is 0 Å². The van der Waals surface area contributed by atoms with E-state index in [1.807, 2.05) is 43.3 Å². The van der Waals surface area contributed by atoms with E-state index < -0.39 is 10.0 Å². The molecule has 8 nitrogen and oxygen atoms in total. The monoisotopic (exact) mass is 510 g/mol. The number of rotatable bonds is 9. The highest BCUT2D eigenvalue weighted by molar-refractivity contribution is 7.92. The van der Waals surface area contributed by atoms with Gasteiger partial charge in [-0.15, -0.1) is 0 Å². The molecule has 0 unspecified atom stereocenters. The number of nitrogens with one attached hydrogen (secondary N) is 1. The lowest BCUT2D eigenvalue weighted by molar-refractivity contribution is 0.0985. The number of amides is 1. The van der Waals surface area contributed by atoms with Crippen molar-refractivity contribution in [2.75, 3.05) is 43.9 Å². The number of aromatic nitrogens is 1. The number of hydrogen-bond acceptors (Lipinski definition) is 7. The molecule has 1 heterocycles. The molecular formula is C25H26N4O4S2. The van der Waals surface area contributed by atoms with Crippen LogP contribution in [-0.2, 0) is 10.0 Å². The molecule has 4 rings (SSSR count). The lowest BCUT2D eigenvalue weighted by Gasteiger charge is -2.22. The lowest BCUT2D eigenvalue weighted by atomic mass is 10.2. The number of para-hydroxylation sites is 1. The first kappa shape index (κ1) is 24.6. The fourth-order valence-electron chi connectivity index (χ4n) is 3.37. The summed E-state index contributed by atoms with van der Waals surface area (Å²) < 4.78 is 34.0. The Labute approximate surface area is 208 Å². The van der Waals surface area contributed by atoms with Crippen LogP contribution in [0.1, 0.15) is 10.4 Å². The van der Waals surface area contributed by atoms with Gasteiger partial charge >= 0.3 is 0 Å². The zero-order valence-corrected chi connectivity index (χ0v) is 21.3. The predicted octanol–water partition coefficient (Wildman–Crippen LogP) is 4.31. The van der Waals surface area contributed by atoms with Crippen molar-refractivity contribution >= 4 is 48.3 Å². The summed E-state index contributed by atoms with van der Waals surface area (Å²) in [4.78, 5) is 21.9. The van der Waals surface area contributed by atoms with E-state index in [1.165, 1.54) is 30.6 Å². The fourth-order valence-corrected chi connectivity index (χ4v) is 5.41. The van der Waals surface area contributed by atoms with Crippen molar-refractivity contribution in [2.45, 2.75) is 4.90 Å². The zero-order chi connectivity index (χ0) is 25.0. The molecule has 0 aliphatic rings. The number of methoxy groups -OCH3 is 1. The average Bonchev–Trinajstić information content (AvgIpc) is 3.28. The molecule has 4 aromatic rings. The first-order valence-corrected chi connectivity index (χ1v) is 13.2. The van der Waals surface area contributed by atoms with Crippen molar-refractivity contribution in [2.24, 2.45) is 0 Å². The molecule has 0 saturated heterocycles. The van der Waals surface area contributed by atoms with Crippen LogP contribution < -0.4 is 14.4 Å². The average molecular weight is 511 g/mol. The number of carbonyl (C=O) groups is 1. The molecule has 0 saturated carbocycles. The summed E-state index contributed by atoms with van der Waals surface area (Å²) in [7, 11) is 1.64. The summed E-state index contributed by atoms with van der Waals surface area (Å²) in [6.45, 7) is 1.14. The largest absolute Gasteiger partial charge is 0.497 e. The zero-order valence-electron chi connectivity index (χ0n) is 19.6. The molecule has 0 bridgehead atoms. The Bertz CT molecular complexity index is 1380. The second-order valence-corrected chi connectivity index (χ2v) is 10.8. The molecule has 0 fully saturated rings. The first-order valence-electron chi connectivity index (χ1n) is 10.9. The fraction of sp³-hybridized carbons (Fsp3) is 0.200. The smallest absolute Gasteiger partial charge is 0.261 e. The minimum absolute atomic E-state index is 0.115. The van der Waals surface area contributed by atoms with Crippen LogP contribution in [0.4, 0.5) is 10.8 Å². The molecular weight excluding hydrogens is 484 g/mol. The number of carbonyl (C=O) groups excluding carboxylic acids is 1. The van der Waals surface area contributed by atoms with Crippen molar-refractivity contribution in [3.63, 3.8) is 0 Å². The van der Waals surface area contributed by atoms with E-state index in [9.17, 15) is 13.2 Å². The van der Waals surface area contributed by atoms with Crippen LogP contribution in [0.15, 0.2) is 77.7 Å². The third-order valence-corrected chi connectivity index (χ3v) is 7.74. The molecule has 0 spiro atoms. The van der Waals surface area contributed by atoms with Gasteiger partial charge in [0, 0.05) is 24.3 Å². The lowest BCUT2D eigenvalue weighted by Crippen LogP contribution is -2.36. The van der Waals surface area contributed by atoms with Gasteiger partial charge in [0.15, 0.2) is 5.13 Å². The third kappa shape index (κ3) is 5.79. The number of benzene rings is 3. The Hall–Kier alpha value is -3.47. The normalized spacial score (nSPS) is 11.5. The molecule has 1 N–H and O–H groups in total. The molecule has 1 amide bonds. The van der Waals surface area contributed by atoms with E-state index >= 15 is 0 Å². The Morgan fingerprint density at radius 2 is 1.66 bits per heavy atom. The summed E-state index contributed by atoms with van der Waals surface area (Å²) in [6.07, 6.45) is 0. The maximum Gasteiger partial charge on any atom is 0.261 e. The topological polar surface area (TPSA) is 91.8 Å². The minimum Gasteiger partial charge on any atom is -0.497 e. The number of likely N-dealkylation sites (N-methyl/N-ethyl adjacent to an activating group) is 1. The van der Waals surface area contributed by atoms with Crippen molar-refractivity contribution in [1.82, 2.24) is 9.88 Å². The van der Waals surface area contributed by atoms with E-state index in [1.54, 1.807) is 41.3 Å². The molecule has 35 heavy (non-hydrogen) atoms. The van der Waals surface area contributed by atoms with Crippen LogP contribution in [0.2, 0.25) is 0 Å². The highest BCUT2D eigenvalue weighted by atomic mass is 32.2. The van der Waals surface area contributed by atoms with Crippen LogP contribution >= 0.6 is 11.3 Å². The van der Waals surface area contributed by atoms with Crippen LogP contribution in [0.3, 0.4) is 0 Å². The standard InChI is InChI=1S/C25H26N4O4S2/c1-28(2)16-17-29(25-26-22-6-4-5-7-23(22)34-25)24(30)18-8-10-19(11-9-18)27-35(31,32)21-14-12-20(33-3)13-15-21/h4-15,27H,16-17H2,1-3H3. The number of fused-ring (bicyclic) bond motifs is 1. The molecule has 182 valence electrons. The van der Waals surface area contributed by atoms with Gasteiger partial charge in [-0.25, -0.2) is 13.4 Å². The maximum atomic E-state index is 13.4. The van der Waals surface area contributed by atoms with Gasteiger partial charge < -0.3 is 9.64 Å². The highest BCUT2D eigenvalue weighted by Crippen LogP contribution is 2.30. The van der Waals surface area contributed by atoms with Gasteiger partial charge in [0.25, 0.3) is 15.9 Å². The summed E-state index contributed by atoms with van der Waals surface area (Å²) in [5.41, 5.74) is 1.64. The first-order chi connectivity index (χ1) is 16.8. The number of ether oxygens (including phenoxy) is 1. The van der Waals surface area contributed by atoms with Gasteiger partial charge in [-0.05, 0) is 74.8 Å². The summed E-state index contributed by atoms with van der Waals surface area (Å²) in [5, 5.41) is 0.627. The molecule has 10 heteroatoms. The molecule has 0 atom stereocenters. The molecule has 3 aromatic carbocycles. The summed E-state index contributed by atoms with van der Waals surface area (Å²) >= 11 is 1.47. The van der Waals surface area contributed by atoms with E-state index in [-0.39, 0.29) is 10.8 Å². The predicted molar refractivity (Wildman–Crippen MR) is 140 cm³/mol. The van der Waals surface area contributed by atoms with E-state index in [2.05, 4.69) is 9.71 Å². The van der Waals surface area contributed by atoms with E-state index in [4.69, 9.17) is 4.74 Å². The van der Waals surface area contributed by atoms with Crippen LogP contribution in [-0.4, -0.2) is 58.5 Å². The molecule has 0 aliphatic carbocycles. The highest BCUT2D eigenvalue weighted by Gasteiger charge is 2.22. The number of hydrogen-bond donors (Lipinski definition) is 1. The van der Waals surface area contributed by atoms with Crippen LogP contribution in [0.5, 0.6) is 5.75 Å². The quantitative estimate of drug-likeness (QED) is 0.361. The van der Waals surface area contributed by atoms with Crippen molar-refractivity contribution < 1.29 is 17.9 Å². The van der Waals surface area contributed by atoms with Crippen molar-refractivity contribution in [3.8, 4) is 5.75 Å². The summed E-state index contributed by atoms with van der Waals surface area (Å²) in [6, 6.07) is 20.3. The molecule has 0 radical (unpaired) electrons. The Morgan fingerprint density at radius 3 is 2.29 bits per heavy atom. The Balaban J connectivity index is 1.55. The van der Waals surface area contributed by atoms with Gasteiger partial charge in [-0.3, -0.25) is 14.4 Å². The van der Waals surface area contributed by atoms with E-state index in [0.29, 0.717) is 35.2 Å². The Kier molecular flexibility index (Phi) is 7.34. The van der Waals surface area contributed by atoms with Gasteiger partial charge in [0.05, 0.1) is 22.2 Å². The van der Waals surface area contributed by atoms with Gasteiger partial charge in [0.1, 0.15) is 5.75 Å². The number of sulfonamides is 1. The third-order valence-electron chi connectivity index (χ3n) is 5.28. The Morgan fingerprint density at radius 1 is 0.971 bits per heavy atom. The summed E-state index contributed by atoms with van der Waals surface area (Å²) in [5.74, 6) is 0.370. The van der Waals surface area contributed by atoms with Gasteiger partial charge in [-0.2, -0.15) is 0 Å². The molecule has 1 aromatic heterocycles. The number of thiazole rings is 1. The number of nitrogens with zero attached hydrogens (tertiary/aromatic N) is 3. The van der Waals surface area contributed by atoms with Crippen LogP contribution in [0, 0.1) is 0 Å². The second kappa shape index (κ2) is 10.4. The van der Waals surface area contributed by atoms with Crippen LogP contribution in [0.25, 0.3) is 10.2 Å². The SMILES string of the molecule is COc1ccc(S(=O)(=O)Nc2ccc(C(=O)N(CCN(C)C)c3nc4ccccc4s3)cc2)cc1.